The topological polar surface area (TPSA) is 119 Å². The van der Waals surface area contributed by atoms with E-state index in [1.165, 1.54) is 0 Å². The van der Waals surface area contributed by atoms with Crippen LogP contribution in [0.3, 0.4) is 0 Å². The molecule has 0 saturated carbocycles. The quantitative estimate of drug-likeness (QED) is 0.469. The van der Waals surface area contributed by atoms with Gasteiger partial charge in [0.05, 0.1) is 5.56 Å². The molecule has 0 aliphatic carbocycles. The normalized spacial score (nSPS) is 18.9. The second-order valence-electron chi connectivity index (χ2n) is 4.45. The van der Waals surface area contributed by atoms with Crippen LogP contribution in [0.15, 0.2) is 24.5 Å². The summed E-state index contributed by atoms with van der Waals surface area (Å²) in [4.78, 5) is 27.4. The minimum absolute atomic E-state index is 0.552. The number of aliphatic hydroxyl groups is 1. The summed E-state index contributed by atoms with van der Waals surface area (Å²) in [6, 6.07) is 1.22. The molecular weight excluding hydrogens is 337 g/mol. The first-order valence-corrected chi connectivity index (χ1v) is 9.05. The Hall–Kier alpha value is -0.760. The lowest BCUT2D eigenvalue weighted by molar-refractivity contribution is -0.703. The zero-order valence-corrected chi connectivity index (χ0v) is 12.4. The summed E-state index contributed by atoms with van der Waals surface area (Å²) in [5.74, 6) is 0. The second-order valence-corrected chi connectivity index (χ2v) is 9.13. The van der Waals surface area contributed by atoms with Crippen LogP contribution in [0.25, 0.3) is 0 Å². The molecule has 0 aliphatic rings. The molecule has 1 rings (SSSR count). The van der Waals surface area contributed by atoms with E-state index >= 15 is 0 Å². The molecule has 0 saturated heterocycles. The van der Waals surface area contributed by atoms with Gasteiger partial charge in [-0.15, -0.1) is 0 Å². The Balaban J connectivity index is 3.19. The number of halogens is 3. The van der Waals surface area contributed by atoms with Gasteiger partial charge in [0, 0.05) is 18.8 Å². The molecule has 0 aromatic carbocycles. The maximum atomic E-state index is 12.4. The first-order chi connectivity index (χ1) is 9.18. The van der Waals surface area contributed by atoms with E-state index in [9.17, 15) is 32.3 Å². The zero-order chi connectivity index (χ0) is 16.7. The molecule has 1 aromatic heterocycles. The predicted octanol–water partition coefficient (Wildman–Crippen LogP) is 0.717. The largest absolute Gasteiger partial charge is 0.416 e. The lowest BCUT2D eigenvalue weighted by Crippen LogP contribution is -2.47. The van der Waals surface area contributed by atoms with Gasteiger partial charge in [0.15, 0.2) is 18.9 Å². The predicted molar refractivity (Wildman–Crippen MR) is 64.4 cm³/mol. The Morgan fingerprint density at radius 2 is 1.57 bits per heavy atom. The van der Waals surface area contributed by atoms with Crippen LogP contribution in [0.5, 0.6) is 0 Å². The molecule has 2 atom stereocenters. The van der Waals surface area contributed by atoms with Crippen LogP contribution in [0.4, 0.5) is 13.2 Å². The van der Waals surface area contributed by atoms with Gasteiger partial charge in [0.2, 0.25) is 7.37 Å². The molecule has 0 amide bonds. The van der Waals surface area contributed by atoms with Crippen LogP contribution in [-0.2, 0) is 21.9 Å². The molecule has 12 heteroatoms. The van der Waals surface area contributed by atoms with Gasteiger partial charge in [-0.05, 0) is 0 Å². The molecule has 0 aliphatic heterocycles. The average molecular weight is 350 g/mol. The lowest BCUT2D eigenvalue weighted by Gasteiger charge is -2.27. The van der Waals surface area contributed by atoms with Gasteiger partial charge in [-0.1, -0.05) is 0 Å². The smallest absolute Gasteiger partial charge is 0.365 e. The molecule has 0 radical (unpaired) electrons. The van der Waals surface area contributed by atoms with Crippen LogP contribution in [0, 0.1) is 0 Å². The maximum absolute atomic E-state index is 12.4. The van der Waals surface area contributed by atoms with Crippen molar-refractivity contribution in [3.63, 3.8) is 0 Å². The summed E-state index contributed by atoms with van der Waals surface area (Å²) >= 11 is 0. The maximum Gasteiger partial charge on any atom is 0.416 e. The van der Waals surface area contributed by atoms with Gasteiger partial charge in [0.1, 0.15) is 0 Å². The van der Waals surface area contributed by atoms with Crippen LogP contribution < -0.4 is 4.57 Å². The SMILES string of the molecule is CP(=O)(O)C(O)(C[n+]1ccc(C(F)(F)F)cc1)P(=O)(O)O. The minimum atomic E-state index is -5.42. The molecule has 0 bridgehead atoms. The van der Waals surface area contributed by atoms with Crippen molar-refractivity contribution in [2.24, 2.45) is 0 Å². The third-order valence-electron chi connectivity index (χ3n) is 2.74. The summed E-state index contributed by atoms with van der Waals surface area (Å²) < 4.78 is 60.7. The van der Waals surface area contributed by atoms with Crippen molar-refractivity contribution in [1.82, 2.24) is 0 Å². The highest BCUT2D eigenvalue weighted by Crippen LogP contribution is 2.67. The fourth-order valence-electron chi connectivity index (χ4n) is 1.46. The van der Waals surface area contributed by atoms with Crippen LogP contribution in [0.2, 0.25) is 0 Å². The Morgan fingerprint density at radius 3 is 1.86 bits per heavy atom. The number of alkyl halides is 3. The molecule has 21 heavy (non-hydrogen) atoms. The Kier molecular flexibility index (Phi) is 4.76. The van der Waals surface area contributed by atoms with Gasteiger partial charge in [-0.25, -0.2) is 4.57 Å². The van der Waals surface area contributed by atoms with E-state index < -0.39 is 38.3 Å². The van der Waals surface area contributed by atoms with E-state index in [0.29, 0.717) is 18.8 Å². The molecule has 4 N–H and O–H groups in total. The van der Waals surface area contributed by atoms with Gasteiger partial charge in [-0.2, -0.15) is 13.2 Å². The van der Waals surface area contributed by atoms with Gasteiger partial charge in [0.25, 0.3) is 0 Å². The van der Waals surface area contributed by atoms with Crippen LogP contribution in [-0.4, -0.2) is 31.5 Å². The third kappa shape index (κ3) is 3.91. The monoisotopic (exact) mass is 350 g/mol. The van der Waals surface area contributed by atoms with E-state index in [0.717, 1.165) is 17.0 Å². The van der Waals surface area contributed by atoms with E-state index in [1.807, 2.05) is 0 Å². The first-order valence-electron chi connectivity index (χ1n) is 5.33. The summed E-state index contributed by atoms with van der Waals surface area (Å²) in [7, 11) is -10.1. The average Bonchev–Trinajstić information content (AvgIpc) is 2.25. The number of hydrogen-bond donors (Lipinski definition) is 4. The van der Waals surface area contributed by atoms with Crippen molar-refractivity contribution in [1.29, 1.82) is 0 Å². The third-order valence-corrected chi connectivity index (χ3v) is 7.18. The Morgan fingerprint density at radius 1 is 1.14 bits per heavy atom. The fraction of sp³-hybridized carbons (Fsp3) is 0.444. The number of pyridine rings is 1. The molecule has 120 valence electrons. The summed E-state index contributed by atoms with van der Waals surface area (Å²) in [6.45, 7) is -0.490. The molecular formula is C9H13F3NO6P2+. The zero-order valence-electron chi connectivity index (χ0n) is 10.6. The standard InChI is InChI=1S/C9H12F3NO6P2/c1-20(15,16)8(14,21(17,18)19)6-13-4-2-7(3-5-13)9(10,11)12/h2-5,14H,6H2,1H3,(H2-,15,16,17,18,19)/p+1. The minimum Gasteiger partial charge on any atom is -0.365 e. The van der Waals surface area contributed by atoms with Crippen molar-refractivity contribution >= 4 is 15.0 Å². The molecule has 2 unspecified atom stereocenters. The number of hydrogen-bond acceptors (Lipinski definition) is 3. The van der Waals surface area contributed by atoms with Crippen molar-refractivity contribution < 1.29 is 46.7 Å². The highest BCUT2D eigenvalue weighted by atomic mass is 31.2. The molecule has 1 aromatic rings. The van der Waals surface area contributed by atoms with Gasteiger partial charge < -0.3 is 19.8 Å². The van der Waals surface area contributed by atoms with E-state index in [4.69, 9.17) is 9.79 Å². The van der Waals surface area contributed by atoms with Crippen molar-refractivity contribution in [3.05, 3.63) is 30.1 Å². The number of rotatable bonds is 4. The summed E-state index contributed by atoms with van der Waals surface area (Å²) in [5, 5.41) is 6.56. The fourth-order valence-corrected chi connectivity index (χ4v) is 4.17. The van der Waals surface area contributed by atoms with E-state index in [-0.39, 0.29) is 0 Å². The number of aromatic nitrogens is 1. The van der Waals surface area contributed by atoms with Crippen LogP contribution in [0.1, 0.15) is 5.56 Å². The highest BCUT2D eigenvalue weighted by molar-refractivity contribution is 7.74. The van der Waals surface area contributed by atoms with Crippen molar-refractivity contribution in [3.8, 4) is 0 Å². The Labute approximate surface area is 117 Å². The first kappa shape index (κ1) is 18.3. The van der Waals surface area contributed by atoms with E-state index in [2.05, 4.69) is 0 Å². The van der Waals surface area contributed by atoms with Gasteiger partial charge >= 0.3 is 18.9 Å². The second kappa shape index (κ2) is 5.46. The number of nitrogens with zero attached hydrogens (tertiary/aromatic N) is 1. The van der Waals surface area contributed by atoms with Crippen LogP contribution >= 0.6 is 15.0 Å². The van der Waals surface area contributed by atoms with Gasteiger partial charge in [-0.3, -0.25) is 9.13 Å². The van der Waals surface area contributed by atoms with Crippen molar-refractivity contribution in [2.75, 3.05) is 6.66 Å². The summed E-state index contributed by atoms with van der Waals surface area (Å²) in [6.07, 6.45) is -3.02. The molecule has 7 nitrogen and oxygen atoms in total. The molecule has 0 fully saturated rings. The van der Waals surface area contributed by atoms with E-state index in [1.54, 1.807) is 0 Å². The summed E-state index contributed by atoms with van der Waals surface area (Å²) in [5.41, 5.74) is -1.01. The highest BCUT2D eigenvalue weighted by Gasteiger charge is 2.60. The van der Waals surface area contributed by atoms with Crippen molar-refractivity contribution in [2.45, 2.75) is 17.8 Å². The molecule has 0 spiro atoms. The lowest BCUT2D eigenvalue weighted by atomic mass is 10.2. The molecule has 1 heterocycles. The Bertz CT molecular complexity index is 583.